The number of rotatable bonds is 4. The Bertz CT molecular complexity index is 2210. The van der Waals surface area contributed by atoms with Crippen molar-refractivity contribution in [1.82, 2.24) is 19.9 Å². The van der Waals surface area contributed by atoms with E-state index in [0.29, 0.717) is 17.5 Å². The first-order valence-electron chi connectivity index (χ1n) is 13.5. The minimum Gasteiger partial charge on any atom is -0.456 e. The molecule has 0 atom stereocenters. The third-order valence-corrected chi connectivity index (χ3v) is 7.45. The Morgan fingerprint density at radius 3 is 1.83 bits per heavy atom. The van der Waals surface area contributed by atoms with Crippen LogP contribution in [0.25, 0.3) is 78.0 Å². The van der Waals surface area contributed by atoms with E-state index in [1.807, 2.05) is 66.9 Å². The van der Waals surface area contributed by atoms with Crippen LogP contribution >= 0.6 is 0 Å². The third-order valence-electron chi connectivity index (χ3n) is 7.45. The summed E-state index contributed by atoms with van der Waals surface area (Å²) < 4.78 is 6.15. The van der Waals surface area contributed by atoms with Crippen LogP contribution < -0.4 is 0 Å². The molecule has 5 heteroatoms. The highest BCUT2D eigenvalue weighted by molar-refractivity contribution is 6.11. The Hall–Kier alpha value is -5.68. The number of aromatic nitrogens is 4. The van der Waals surface area contributed by atoms with Crippen LogP contribution in [0.4, 0.5) is 0 Å². The van der Waals surface area contributed by atoms with Crippen LogP contribution in [0.2, 0.25) is 0 Å². The number of furan rings is 1. The molecule has 0 amide bonds. The molecule has 0 saturated heterocycles. The predicted octanol–water partition coefficient (Wildman–Crippen LogP) is 8.99. The summed E-state index contributed by atoms with van der Waals surface area (Å²) in [5.41, 5.74) is 6.64. The van der Waals surface area contributed by atoms with Gasteiger partial charge in [-0.2, -0.15) is 0 Å². The van der Waals surface area contributed by atoms with E-state index in [1.165, 1.54) is 11.1 Å². The van der Waals surface area contributed by atoms with Gasteiger partial charge in [0.15, 0.2) is 17.5 Å². The smallest absolute Gasteiger partial charge is 0.164 e. The third kappa shape index (κ3) is 3.95. The Morgan fingerprint density at radius 1 is 0.415 bits per heavy atom. The zero-order valence-corrected chi connectivity index (χ0v) is 21.9. The maximum atomic E-state index is 6.15. The topological polar surface area (TPSA) is 64.7 Å². The average molecular weight is 527 g/mol. The molecule has 0 aliphatic rings. The van der Waals surface area contributed by atoms with Gasteiger partial charge < -0.3 is 4.42 Å². The fourth-order valence-electron chi connectivity index (χ4n) is 5.55. The number of nitrogens with zero attached hydrogens (tertiary/aromatic N) is 4. The first kappa shape index (κ1) is 23.2. The number of hydrogen-bond donors (Lipinski definition) is 0. The standard InChI is InChI=1S/C36H22N4O/c1-3-10-23(11-4-1)25-18-19-28(27-15-8-7-14-26(25)27)35-38-34(24-12-5-2-6-13-24)39-36(40-35)29-16-9-17-32-33(29)30-22-37-21-20-31(30)41-32/h1-22H. The summed E-state index contributed by atoms with van der Waals surface area (Å²) in [6.45, 7) is 0. The highest BCUT2D eigenvalue weighted by Crippen LogP contribution is 2.38. The second-order valence-electron chi connectivity index (χ2n) is 9.90. The molecular weight excluding hydrogens is 504 g/mol. The van der Waals surface area contributed by atoms with Crippen LogP contribution in [0, 0.1) is 0 Å². The zero-order valence-electron chi connectivity index (χ0n) is 21.9. The monoisotopic (exact) mass is 526 g/mol. The molecule has 0 bridgehead atoms. The van der Waals surface area contributed by atoms with Crippen molar-refractivity contribution >= 4 is 32.7 Å². The Balaban J connectivity index is 1.41. The summed E-state index contributed by atoms with van der Waals surface area (Å²) in [4.78, 5) is 19.5. The zero-order chi connectivity index (χ0) is 27.2. The summed E-state index contributed by atoms with van der Waals surface area (Å²) in [5, 5.41) is 4.10. The van der Waals surface area contributed by atoms with Crippen LogP contribution in [-0.2, 0) is 0 Å². The summed E-state index contributed by atoms with van der Waals surface area (Å²) in [5.74, 6) is 1.82. The molecule has 3 aromatic heterocycles. The molecule has 5 nitrogen and oxygen atoms in total. The van der Waals surface area contributed by atoms with E-state index in [2.05, 4.69) is 65.6 Å². The van der Waals surface area contributed by atoms with Crippen molar-refractivity contribution in [3.63, 3.8) is 0 Å². The van der Waals surface area contributed by atoms with Crippen molar-refractivity contribution in [3.8, 4) is 45.3 Å². The molecule has 0 aliphatic heterocycles. The maximum Gasteiger partial charge on any atom is 0.164 e. The lowest BCUT2D eigenvalue weighted by atomic mass is 9.94. The van der Waals surface area contributed by atoms with Crippen molar-refractivity contribution in [2.75, 3.05) is 0 Å². The van der Waals surface area contributed by atoms with E-state index in [9.17, 15) is 0 Å². The summed E-state index contributed by atoms with van der Waals surface area (Å²) in [7, 11) is 0. The second kappa shape index (κ2) is 9.50. The maximum absolute atomic E-state index is 6.15. The average Bonchev–Trinajstić information content (AvgIpc) is 3.44. The van der Waals surface area contributed by atoms with E-state index in [0.717, 1.165) is 49.4 Å². The molecule has 41 heavy (non-hydrogen) atoms. The second-order valence-corrected chi connectivity index (χ2v) is 9.90. The summed E-state index contributed by atoms with van der Waals surface area (Å²) in [6, 6.07) is 41.1. The van der Waals surface area contributed by atoms with Crippen LogP contribution in [0.1, 0.15) is 0 Å². The number of benzene rings is 5. The molecule has 0 N–H and O–H groups in total. The lowest BCUT2D eigenvalue weighted by molar-refractivity contribution is 0.668. The van der Waals surface area contributed by atoms with Gasteiger partial charge in [-0.15, -0.1) is 0 Å². The molecule has 0 saturated carbocycles. The van der Waals surface area contributed by atoms with E-state index in [4.69, 9.17) is 19.4 Å². The molecule has 8 aromatic rings. The first-order chi connectivity index (χ1) is 20.3. The lowest BCUT2D eigenvalue weighted by Crippen LogP contribution is -2.01. The Morgan fingerprint density at radius 2 is 1.05 bits per heavy atom. The molecule has 5 aromatic carbocycles. The van der Waals surface area contributed by atoms with Gasteiger partial charge in [0.05, 0.1) is 0 Å². The molecule has 192 valence electrons. The normalized spacial score (nSPS) is 11.4. The summed E-state index contributed by atoms with van der Waals surface area (Å²) >= 11 is 0. The largest absolute Gasteiger partial charge is 0.456 e. The van der Waals surface area contributed by atoms with Crippen LogP contribution in [0.5, 0.6) is 0 Å². The van der Waals surface area contributed by atoms with Gasteiger partial charge in [-0.1, -0.05) is 103 Å². The molecule has 8 rings (SSSR count). The number of hydrogen-bond acceptors (Lipinski definition) is 5. The van der Waals surface area contributed by atoms with Gasteiger partial charge in [0.25, 0.3) is 0 Å². The van der Waals surface area contributed by atoms with Gasteiger partial charge in [0.2, 0.25) is 0 Å². The van der Waals surface area contributed by atoms with Crippen molar-refractivity contribution in [1.29, 1.82) is 0 Å². The molecule has 0 fully saturated rings. The van der Waals surface area contributed by atoms with E-state index < -0.39 is 0 Å². The summed E-state index contributed by atoms with van der Waals surface area (Å²) in [6.07, 6.45) is 3.57. The molecule has 0 aliphatic carbocycles. The van der Waals surface area contributed by atoms with E-state index >= 15 is 0 Å². The first-order valence-corrected chi connectivity index (χ1v) is 13.5. The van der Waals surface area contributed by atoms with Gasteiger partial charge in [-0.3, -0.25) is 4.98 Å². The van der Waals surface area contributed by atoms with E-state index in [1.54, 1.807) is 6.20 Å². The van der Waals surface area contributed by atoms with Crippen LogP contribution in [0.15, 0.2) is 138 Å². The fourth-order valence-corrected chi connectivity index (χ4v) is 5.55. The highest BCUT2D eigenvalue weighted by Gasteiger charge is 2.19. The number of pyridine rings is 1. The SMILES string of the molecule is c1ccc(-c2nc(-c3ccc(-c4ccccc4)c4ccccc34)nc(-c3cccc4oc5ccncc5c34)n2)cc1. The minimum atomic E-state index is 0.585. The van der Waals surface area contributed by atoms with Crippen molar-refractivity contribution in [3.05, 3.63) is 134 Å². The van der Waals surface area contributed by atoms with Crippen LogP contribution in [0.3, 0.4) is 0 Å². The fraction of sp³-hybridized carbons (Fsp3) is 0. The molecule has 3 heterocycles. The Labute approximate surface area is 235 Å². The quantitative estimate of drug-likeness (QED) is 0.229. The molecule has 0 radical (unpaired) electrons. The predicted molar refractivity (Wildman–Crippen MR) is 164 cm³/mol. The molecular formula is C36H22N4O. The van der Waals surface area contributed by atoms with Crippen LogP contribution in [-0.4, -0.2) is 19.9 Å². The minimum absolute atomic E-state index is 0.585. The lowest BCUT2D eigenvalue weighted by Gasteiger charge is -2.13. The van der Waals surface area contributed by atoms with Gasteiger partial charge in [-0.05, 0) is 40.1 Å². The highest BCUT2D eigenvalue weighted by atomic mass is 16.3. The van der Waals surface area contributed by atoms with Crippen molar-refractivity contribution in [2.45, 2.75) is 0 Å². The van der Waals surface area contributed by atoms with E-state index in [-0.39, 0.29) is 0 Å². The van der Waals surface area contributed by atoms with Crippen molar-refractivity contribution < 1.29 is 4.42 Å². The Kier molecular flexibility index (Phi) is 5.38. The van der Waals surface area contributed by atoms with Gasteiger partial charge in [0, 0.05) is 39.9 Å². The molecule has 0 unspecified atom stereocenters. The molecule has 0 spiro atoms. The van der Waals surface area contributed by atoms with Gasteiger partial charge in [0.1, 0.15) is 11.2 Å². The van der Waals surface area contributed by atoms with Gasteiger partial charge >= 0.3 is 0 Å². The van der Waals surface area contributed by atoms with Crippen molar-refractivity contribution in [2.24, 2.45) is 0 Å². The van der Waals surface area contributed by atoms with Gasteiger partial charge in [-0.25, -0.2) is 15.0 Å². The number of fused-ring (bicyclic) bond motifs is 4.